The van der Waals surface area contributed by atoms with Crippen LogP contribution in [0, 0.1) is 22.0 Å². The molecule has 0 spiro atoms. The smallest absolute Gasteiger partial charge is 0.270 e. The van der Waals surface area contributed by atoms with Gasteiger partial charge in [-0.2, -0.15) is 0 Å². The Hall–Kier alpha value is -1.47. The fraction of sp³-hybridized carbons (Fsp3) is 0.500. The van der Waals surface area contributed by atoms with Crippen LogP contribution < -0.4 is 0 Å². The first-order valence-electron chi connectivity index (χ1n) is 6.88. The van der Waals surface area contributed by atoms with Crippen LogP contribution in [0.15, 0.2) is 22.7 Å². The molecule has 112 valence electrons. The predicted molar refractivity (Wildman–Crippen MR) is 78.9 cm³/mol. The van der Waals surface area contributed by atoms with Crippen LogP contribution in [0.5, 0.6) is 0 Å². The summed E-state index contributed by atoms with van der Waals surface area (Å²) in [4.78, 5) is 24.6. The Balaban J connectivity index is 1.83. The number of hydrogen-bond acceptors (Lipinski definition) is 4. The molecule has 3 unspecified atom stereocenters. The molecule has 2 aliphatic rings. The van der Waals surface area contributed by atoms with Gasteiger partial charge in [-0.15, -0.1) is 0 Å². The Kier molecular flexibility index (Phi) is 3.71. The molecule has 1 aliphatic carbocycles. The fourth-order valence-corrected chi connectivity index (χ4v) is 3.78. The molecule has 1 saturated heterocycles. The van der Waals surface area contributed by atoms with Crippen LogP contribution in [0.4, 0.5) is 5.69 Å². The highest BCUT2D eigenvalue weighted by Gasteiger charge is 2.43. The molecule has 2 fully saturated rings. The van der Waals surface area contributed by atoms with Gasteiger partial charge >= 0.3 is 0 Å². The van der Waals surface area contributed by atoms with Gasteiger partial charge in [-0.05, 0) is 40.8 Å². The van der Waals surface area contributed by atoms with E-state index in [2.05, 4.69) is 15.9 Å². The molecule has 1 saturated carbocycles. The number of carbonyl (C=O) groups is 1. The van der Waals surface area contributed by atoms with Gasteiger partial charge in [0.1, 0.15) is 0 Å². The van der Waals surface area contributed by atoms with Crippen molar-refractivity contribution in [2.45, 2.75) is 18.9 Å². The van der Waals surface area contributed by atoms with Crippen molar-refractivity contribution in [3.63, 3.8) is 0 Å². The largest absolute Gasteiger partial charge is 0.393 e. The third-order valence-corrected chi connectivity index (χ3v) is 5.19. The average Bonchev–Trinajstić information content (AvgIpc) is 3.01. The molecule has 1 aromatic rings. The SMILES string of the molecule is O=C(c1cc([N+](=O)[O-])ccc1Br)N1CC2CCC(O)C2C1. The molecule has 0 bridgehead atoms. The van der Waals surface area contributed by atoms with Gasteiger partial charge in [0, 0.05) is 35.6 Å². The lowest BCUT2D eigenvalue weighted by Gasteiger charge is -2.19. The number of halogens is 1. The highest BCUT2D eigenvalue weighted by atomic mass is 79.9. The van der Waals surface area contributed by atoms with E-state index >= 15 is 0 Å². The van der Waals surface area contributed by atoms with Crippen LogP contribution in [-0.2, 0) is 0 Å². The first kappa shape index (κ1) is 14.5. The molecule has 6 nitrogen and oxygen atoms in total. The number of non-ortho nitro benzene ring substituents is 1. The Morgan fingerprint density at radius 1 is 1.38 bits per heavy atom. The summed E-state index contributed by atoms with van der Waals surface area (Å²) >= 11 is 3.28. The number of likely N-dealkylation sites (tertiary alicyclic amines) is 1. The summed E-state index contributed by atoms with van der Waals surface area (Å²) < 4.78 is 0.552. The zero-order chi connectivity index (χ0) is 15.1. The van der Waals surface area contributed by atoms with E-state index in [0.29, 0.717) is 29.0 Å². The maximum atomic E-state index is 12.6. The molecular formula is C14H15BrN2O4. The van der Waals surface area contributed by atoms with Crippen LogP contribution in [0.25, 0.3) is 0 Å². The van der Waals surface area contributed by atoms with Crippen molar-refractivity contribution in [1.29, 1.82) is 0 Å². The van der Waals surface area contributed by atoms with E-state index in [1.807, 2.05) is 0 Å². The summed E-state index contributed by atoms with van der Waals surface area (Å²) in [6, 6.07) is 4.19. The predicted octanol–water partition coefficient (Wildman–Crippen LogP) is 2.20. The van der Waals surface area contributed by atoms with Gasteiger partial charge < -0.3 is 10.0 Å². The van der Waals surface area contributed by atoms with Gasteiger partial charge in [0.05, 0.1) is 16.6 Å². The highest BCUT2D eigenvalue weighted by Crippen LogP contribution is 2.39. The number of aliphatic hydroxyl groups excluding tert-OH is 1. The summed E-state index contributed by atoms with van der Waals surface area (Å²) in [6.07, 6.45) is 1.41. The molecule has 3 rings (SSSR count). The number of benzene rings is 1. The number of nitro benzene ring substituents is 1. The lowest BCUT2D eigenvalue weighted by Crippen LogP contribution is -2.31. The first-order valence-corrected chi connectivity index (χ1v) is 7.68. The maximum absolute atomic E-state index is 12.6. The zero-order valence-electron chi connectivity index (χ0n) is 11.2. The van der Waals surface area contributed by atoms with E-state index in [9.17, 15) is 20.0 Å². The molecule has 1 aliphatic heterocycles. The summed E-state index contributed by atoms with van der Waals surface area (Å²) in [5.41, 5.74) is 0.208. The van der Waals surface area contributed by atoms with Gasteiger partial charge in [0.2, 0.25) is 0 Å². The Bertz CT molecular complexity index is 607. The van der Waals surface area contributed by atoms with Crippen LogP contribution in [0.3, 0.4) is 0 Å². The second-order valence-electron chi connectivity index (χ2n) is 5.70. The van der Waals surface area contributed by atoms with Crippen LogP contribution in [0.2, 0.25) is 0 Å². The van der Waals surface area contributed by atoms with Gasteiger partial charge in [-0.1, -0.05) is 0 Å². The zero-order valence-corrected chi connectivity index (χ0v) is 12.8. The van der Waals surface area contributed by atoms with Crippen molar-refractivity contribution in [2.24, 2.45) is 11.8 Å². The van der Waals surface area contributed by atoms with Crippen molar-refractivity contribution in [2.75, 3.05) is 13.1 Å². The molecule has 7 heteroatoms. The number of rotatable bonds is 2. The van der Waals surface area contributed by atoms with Gasteiger partial charge in [0.25, 0.3) is 11.6 Å². The average molecular weight is 355 g/mol. The van der Waals surface area contributed by atoms with E-state index in [1.54, 1.807) is 4.90 Å². The number of amides is 1. The Morgan fingerprint density at radius 3 is 2.81 bits per heavy atom. The standard InChI is InChI=1S/C14H15BrN2O4/c15-12-3-2-9(17(20)21)5-10(12)14(19)16-6-8-1-4-13(18)11(8)7-16/h2-3,5,8,11,13,18H,1,4,6-7H2. The second kappa shape index (κ2) is 5.38. The topological polar surface area (TPSA) is 83.7 Å². The van der Waals surface area contributed by atoms with Crippen molar-refractivity contribution < 1.29 is 14.8 Å². The minimum Gasteiger partial charge on any atom is -0.393 e. The van der Waals surface area contributed by atoms with Gasteiger partial charge in [-0.25, -0.2) is 0 Å². The first-order chi connectivity index (χ1) is 9.97. The Labute approximate surface area is 130 Å². The highest BCUT2D eigenvalue weighted by molar-refractivity contribution is 9.10. The van der Waals surface area contributed by atoms with E-state index in [-0.39, 0.29) is 23.6 Å². The van der Waals surface area contributed by atoms with Crippen LogP contribution in [-0.4, -0.2) is 40.0 Å². The van der Waals surface area contributed by atoms with E-state index in [1.165, 1.54) is 18.2 Å². The van der Waals surface area contributed by atoms with Crippen molar-refractivity contribution in [3.05, 3.63) is 38.3 Å². The van der Waals surface area contributed by atoms with Crippen LogP contribution >= 0.6 is 15.9 Å². The number of aliphatic hydroxyl groups is 1. The van der Waals surface area contributed by atoms with Crippen molar-refractivity contribution in [1.82, 2.24) is 4.90 Å². The molecule has 3 atom stereocenters. The lowest BCUT2D eigenvalue weighted by molar-refractivity contribution is -0.384. The number of nitro groups is 1. The summed E-state index contributed by atoms with van der Waals surface area (Å²) in [5, 5.41) is 20.7. The molecule has 1 heterocycles. The summed E-state index contributed by atoms with van der Waals surface area (Å²) in [7, 11) is 0. The van der Waals surface area contributed by atoms with Gasteiger partial charge in [0.15, 0.2) is 0 Å². The maximum Gasteiger partial charge on any atom is 0.270 e. The van der Waals surface area contributed by atoms with E-state index < -0.39 is 4.92 Å². The molecular weight excluding hydrogens is 340 g/mol. The molecule has 1 aromatic carbocycles. The molecule has 0 radical (unpaired) electrons. The van der Waals surface area contributed by atoms with E-state index in [0.717, 1.165) is 12.8 Å². The van der Waals surface area contributed by atoms with Crippen molar-refractivity contribution >= 4 is 27.5 Å². The number of fused-ring (bicyclic) bond motifs is 1. The monoisotopic (exact) mass is 354 g/mol. The third-order valence-electron chi connectivity index (χ3n) is 4.50. The van der Waals surface area contributed by atoms with Crippen molar-refractivity contribution in [3.8, 4) is 0 Å². The summed E-state index contributed by atoms with van der Waals surface area (Å²) in [5.74, 6) is 0.278. The summed E-state index contributed by atoms with van der Waals surface area (Å²) in [6.45, 7) is 1.15. The lowest BCUT2D eigenvalue weighted by atomic mass is 10.00. The normalized spacial score (nSPS) is 27.7. The number of hydrogen-bond donors (Lipinski definition) is 1. The molecule has 0 aromatic heterocycles. The molecule has 1 N–H and O–H groups in total. The molecule has 21 heavy (non-hydrogen) atoms. The minimum absolute atomic E-state index is 0.0963. The third kappa shape index (κ3) is 2.55. The number of nitrogens with zero attached hydrogens (tertiary/aromatic N) is 2. The minimum atomic E-state index is -0.508. The van der Waals surface area contributed by atoms with Crippen LogP contribution in [0.1, 0.15) is 23.2 Å². The second-order valence-corrected chi connectivity index (χ2v) is 6.55. The quantitative estimate of drug-likeness (QED) is 0.651. The fourth-order valence-electron chi connectivity index (χ4n) is 3.36. The molecule has 1 amide bonds. The Morgan fingerprint density at radius 2 is 2.14 bits per heavy atom. The number of carbonyl (C=O) groups excluding carboxylic acids is 1. The van der Waals surface area contributed by atoms with E-state index in [4.69, 9.17) is 0 Å². The van der Waals surface area contributed by atoms with Gasteiger partial charge in [-0.3, -0.25) is 14.9 Å².